The standard InChI is InChI=1S/C21H23NO3/c1-4-13-25-19-11-9-17(14-20(19)24-3)10-12-21(23)22-15-18-7-5-16(2)6-8-18/h1,5-9,11,14H,10,12-13,15H2,2-3H3,(H,22,23). The second-order valence-corrected chi connectivity index (χ2v) is 5.74. The summed E-state index contributed by atoms with van der Waals surface area (Å²) >= 11 is 0. The van der Waals surface area contributed by atoms with Crippen LogP contribution in [0.15, 0.2) is 42.5 Å². The highest BCUT2D eigenvalue weighted by Gasteiger charge is 2.07. The zero-order valence-electron chi connectivity index (χ0n) is 14.7. The minimum Gasteiger partial charge on any atom is -0.493 e. The molecule has 0 aliphatic rings. The average Bonchev–Trinajstić information content (AvgIpc) is 2.64. The van der Waals surface area contributed by atoms with Gasteiger partial charge in [0.25, 0.3) is 0 Å². The van der Waals surface area contributed by atoms with Crippen LogP contribution in [0.3, 0.4) is 0 Å². The van der Waals surface area contributed by atoms with Crippen LogP contribution in [-0.4, -0.2) is 19.6 Å². The van der Waals surface area contributed by atoms with Crippen LogP contribution in [-0.2, 0) is 17.8 Å². The first kappa shape index (κ1) is 18.4. The normalized spacial score (nSPS) is 9.96. The maximum absolute atomic E-state index is 12.0. The molecule has 0 heterocycles. The minimum atomic E-state index is 0.0206. The highest BCUT2D eigenvalue weighted by molar-refractivity contribution is 5.76. The molecule has 0 fully saturated rings. The van der Waals surface area contributed by atoms with Crippen LogP contribution in [0, 0.1) is 19.3 Å². The predicted octanol–water partition coefficient (Wildman–Crippen LogP) is 3.26. The smallest absolute Gasteiger partial charge is 0.220 e. The van der Waals surface area contributed by atoms with E-state index in [1.807, 2.05) is 49.4 Å². The summed E-state index contributed by atoms with van der Waals surface area (Å²) < 4.78 is 10.7. The molecule has 4 heteroatoms. The van der Waals surface area contributed by atoms with Crippen LogP contribution in [0.25, 0.3) is 0 Å². The van der Waals surface area contributed by atoms with Crippen molar-refractivity contribution in [3.05, 3.63) is 59.2 Å². The van der Waals surface area contributed by atoms with Crippen molar-refractivity contribution >= 4 is 5.91 Å². The zero-order valence-corrected chi connectivity index (χ0v) is 14.7. The summed E-state index contributed by atoms with van der Waals surface area (Å²) in [5.74, 6) is 3.67. The molecule has 0 radical (unpaired) electrons. The van der Waals surface area contributed by atoms with Gasteiger partial charge in [-0.1, -0.05) is 41.8 Å². The Balaban J connectivity index is 1.84. The molecule has 1 N–H and O–H groups in total. The summed E-state index contributed by atoms with van der Waals surface area (Å²) in [5.41, 5.74) is 3.31. The number of hydrogen-bond acceptors (Lipinski definition) is 3. The van der Waals surface area contributed by atoms with E-state index in [2.05, 4.69) is 11.2 Å². The van der Waals surface area contributed by atoms with E-state index >= 15 is 0 Å². The Morgan fingerprint density at radius 3 is 2.52 bits per heavy atom. The lowest BCUT2D eigenvalue weighted by atomic mass is 10.1. The fraction of sp³-hybridized carbons (Fsp3) is 0.286. The minimum absolute atomic E-state index is 0.0206. The Kier molecular flexibility index (Phi) is 6.91. The Morgan fingerprint density at radius 2 is 1.84 bits per heavy atom. The lowest BCUT2D eigenvalue weighted by molar-refractivity contribution is -0.121. The van der Waals surface area contributed by atoms with E-state index in [9.17, 15) is 4.79 Å². The number of aryl methyl sites for hydroxylation is 2. The van der Waals surface area contributed by atoms with Crippen LogP contribution in [0.2, 0.25) is 0 Å². The second kappa shape index (κ2) is 9.39. The predicted molar refractivity (Wildman–Crippen MR) is 98.7 cm³/mol. The first-order valence-corrected chi connectivity index (χ1v) is 8.18. The molecule has 0 atom stereocenters. The number of carbonyl (C=O) groups is 1. The third-order valence-corrected chi connectivity index (χ3v) is 3.79. The Labute approximate surface area is 149 Å². The lowest BCUT2D eigenvalue weighted by Gasteiger charge is -2.11. The second-order valence-electron chi connectivity index (χ2n) is 5.74. The number of ether oxygens (including phenoxy) is 2. The quantitative estimate of drug-likeness (QED) is 0.752. The van der Waals surface area contributed by atoms with Gasteiger partial charge in [-0.05, 0) is 36.6 Å². The van der Waals surface area contributed by atoms with Gasteiger partial charge in [-0.3, -0.25) is 4.79 Å². The molecule has 0 aromatic heterocycles. The van der Waals surface area contributed by atoms with E-state index in [1.54, 1.807) is 7.11 Å². The summed E-state index contributed by atoms with van der Waals surface area (Å²) in [6.45, 7) is 2.78. The van der Waals surface area contributed by atoms with Crippen LogP contribution in [0.1, 0.15) is 23.1 Å². The van der Waals surface area contributed by atoms with Crippen molar-refractivity contribution in [1.82, 2.24) is 5.32 Å². The van der Waals surface area contributed by atoms with E-state index < -0.39 is 0 Å². The van der Waals surface area contributed by atoms with Crippen LogP contribution >= 0.6 is 0 Å². The van der Waals surface area contributed by atoms with Crippen molar-refractivity contribution in [3.63, 3.8) is 0 Å². The van der Waals surface area contributed by atoms with Crippen LogP contribution in [0.5, 0.6) is 11.5 Å². The Hall–Kier alpha value is -2.93. The van der Waals surface area contributed by atoms with Gasteiger partial charge in [-0.15, -0.1) is 6.42 Å². The van der Waals surface area contributed by atoms with Crippen molar-refractivity contribution in [1.29, 1.82) is 0 Å². The molecule has 0 aliphatic carbocycles. The molecule has 25 heavy (non-hydrogen) atoms. The van der Waals surface area contributed by atoms with Crippen molar-refractivity contribution in [2.75, 3.05) is 13.7 Å². The van der Waals surface area contributed by atoms with Gasteiger partial charge in [0, 0.05) is 13.0 Å². The molecule has 2 aromatic carbocycles. The molecular formula is C21H23NO3. The molecule has 0 saturated carbocycles. The Morgan fingerprint density at radius 1 is 1.12 bits per heavy atom. The van der Waals surface area contributed by atoms with Gasteiger partial charge >= 0.3 is 0 Å². The fourth-order valence-electron chi connectivity index (χ4n) is 2.36. The molecule has 4 nitrogen and oxygen atoms in total. The first-order chi connectivity index (χ1) is 12.1. The maximum atomic E-state index is 12.0. The molecule has 0 aliphatic heterocycles. The molecule has 2 rings (SSSR count). The first-order valence-electron chi connectivity index (χ1n) is 8.18. The topological polar surface area (TPSA) is 47.6 Å². The van der Waals surface area contributed by atoms with Gasteiger partial charge in [0.2, 0.25) is 5.91 Å². The summed E-state index contributed by atoms with van der Waals surface area (Å²) in [6.07, 6.45) is 6.24. The third-order valence-electron chi connectivity index (χ3n) is 3.79. The van der Waals surface area contributed by atoms with Gasteiger partial charge in [0.15, 0.2) is 11.5 Å². The van der Waals surface area contributed by atoms with E-state index in [4.69, 9.17) is 15.9 Å². The van der Waals surface area contributed by atoms with Gasteiger partial charge in [0.1, 0.15) is 6.61 Å². The number of methoxy groups -OCH3 is 1. The third kappa shape index (κ3) is 5.89. The SMILES string of the molecule is C#CCOc1ccc(CCC(=O)NCc2ccc(C)cc2)cc1OC. The molecule has 0 unspecified atom stereocenters. The lowest BCUT2D eigenvalue weighted by Crippen LogP contribution is -2.22. The van der Waals surface area contributed by atoms with E-state index in [0.717, 1.165) is 11.1 Å². The molecule has 1 amide bonds. The summed E-state index contributed by atoms with van der Waals surface area (Å²) in [7, 11) is 1.58. The van der Waals surface area contributed by atoms with Crippen LogP contribution < -0.4 is 14.8 Å². The molecule has 2 aromatic rings. The van der Waals surface area contributed by atoms with Crippen molar-refractivity contribution in [2.24, 2.45) is 0 Å². The average molecular weight is 337 g/mol. The molecule has 0 spiro atoms. The van der Waals surface area contributed by atoms with Crippen molar-refractivity contribution in [3.8, 4) is 23.8 Å². The van der Waals surface area contributed by atoms with Crippen LogP contribution in [0.4, 0.5) is 0 Å². The number of nitrogens with one attached hydrogen (secondary N) is 1. The molecular weight excluding hydrogens is 314 g/mol. The van der Waals surface area contributed by atoms with Crippen molar-refractivity contribution < 1.29 is 14.3 Å². The van der Waals surface area contributed by atoms with Crippen molar-refractivity contribution in [2.45, 2.75) is 26.3 Å². The maximum Gasteiger partial charge on any atom is 0.220 e. The number of amides is 1. The molecule has 0 saturated heterocycles. The van der Waals surface area contributed by atoms with E-state index in [-0.39, 0.29) is 12.5 Å². The number of carbonyl (C=O) groups excluding carboxylic acids is 1. The number of terminal acetylenes is 1. The highest BCUT2D eigenvalue weighted by Crippen LogP contribution is 2.28. The summed E-state index contributed by atoms with van der Waals surface area (Å²) in [6, 6.07) is 13.7. The monoisotopic (exact) mass is 337 g/mol. The molecule has 0 bridgehead atoms. The summed E-state index contributed by atoms with van der Waals surface area (Å²) in [4.78, 5) is 12.0. The number of hydrogen-bond donors (Lipinski definition) is 1. The van der Waals surface area contributed by atoms with Gasteiger partial charge < -0.3 is 14.8 Å². The molecule has 130 valence electrons. The van der Waals surface area contributed by atoms with Gasteiger partial charge in [-0.25, -0.2) is 0 Å². The highest BCUT2D eigenvalue weighted by atomic mass is 16.5. The summed E-state index contributed by atoms with van der Waals surface area (Å²) in [5, 5.41) is 2.94. The largest absolute Gasteiger partial charge is 0.493 e. The van der Waals surface area contributed by atoms with Gasteiger partial charge in [-0.2, -0.15) is 0 Å². The fourth-order valence-corrected chi connectivity index (χ4v) is 2.36. The number of rotatable bonds is 8. The van der Waals surface area contributed by atoms with E-state index in [0.29, 0.717) is 30.9 Å². The van der Waals surface area contributed by atoms with Gasteiger partial charge in [0.05, 0.1) is 7.11 Å². The van der Waals surface area contributed by atoms with E-state index in [1.165, 1.54) is 5.56 Å². The number of benzene rings is 2. The Bertz CT molecular complexity index is 745. The zero-order chi connectivity index (χ0) is 18.1.